The first-order chi connectivity index (χ1) is 11.8. The predicted molar refractivity (Wildman–Crippen MR) is 103 cm³/mol. The van der Waals surface area contributed by atoms with Crippen molar-refractivity contribution < 1.29 is 9.47 Å². The van der Waals surface area contributed by atoms with Crippen LogP contribution in [0.5, 0.6) is 0 Å². The number of benzene rings is 3. The zero-order valence-corrected chi connectivity index (χ0v) is 14.9. The zero-order valence-electron chi connectivity index (χ0n) is 14.0. The van der Waals surface area contributed by atoms with E-state index in [1.165, 1.54) is 15.9 Å². The summed E-state index contributed by atoms with van der Waals surface area (Å²) in [5.74, 6) is 0. The van der Waals surface area contributed by atoms with Crippen molar-refractivity contribution in [2.45, 2.75) is 6.03 Å². The van der Waals surface area contributed by atoms with Crippen molar-refractivity contribution in [3.8, 4) is 0 Å². The van der Waals surface area contributed by atoms with Gasteiger partial charge in [0.1, 0.15) is 15.9 Å². The van der Waals surface area contributed by atoms with Gasteiger partial charge >= 0.3 is 0 Å². The predicted octanol–water partition coefficient (Wildman–Crippen LogP) is 3.56. The Balaban J connectivity index is 2.37. The SMILES string of the molecule is COC(OC)[P+](c1ccccc1)(c1ccccc1)c1ccccc1. The summed E-state index contributed by atoms with van der Waals surface area (Å²) in [5, 5.41) is 3.74. The van der Waals surface area contributed by atoms with Crippen LogP contribution in [-0.4, -0.2) is 20.3 Å². The van der Waals surface area contributed by atoms with Crippen LogP contribution in [0.3, 0.4) is 0 Å². The fourth-order valence-corrected chi connectivity index (χ4v) is 7.40. The molecule has 0 atom stereocenters. The highest BCUT2D eigenvalue weighted by Crippen LogP contribution is 2.60. The van der Waals surface area contributed by atoms with E-state index in [4.69, 9.17) is 9.47 Å². The summed E-state index contributed by atoms with van der Waals surface area (Å²) in [5.41, 5.74) is 0. The molecule has 0 N–H and O–H groups in total. The van der Waals surface area contributed by atoms with E-state index in [1.54, 1.807) is 14.2 Å². The van der Waals surface area contributed by atoms with Gasteiger partial charge in [-0.1, -0.05) is 54.6 Å². The molecule has 0 aromatic heterocycles. The maximum atomic E-state index is 5.86. The first-order valence-corrected chi connectivity index (χ1v) is 9.81. The largest absolute Gasteiger partial charge is 0.324 e. The molecule has 0 aliphatic carbocycles. The highest BCUT2D eigenvalue weighted by molar-refractivity contribution is 7.96. The van der Waals surface area contributed by atoms with Crippen molar-refractivity contribution in [2.75, 3.05) is 14.2 Å². The van der Waals surface area contributed by atoms with Crippen molar-refractivity contribution in [2.24, 2.45) is 0 Å². The molecule has 3 heteroatoms. The lowest BCUT2D eigenvalue weighted by Gasteiger charge is -2.32. The zero-order chi connectivity index (χ0) is 16.8. The van der Waals surface area contributed by atoms with Crippen LogP contribution in [0.15, 0.2) is 91.0 Å². The minimum absolute atomic E-state index is 0.343. The van der Waals surface area contributed by atoms with E-state index in [0.29, 0.717) is 0 Å². The Morgan fingerprint density at radius 3 is 1.08 bits per heavy atom. The van der Waals surface area contributed by atoms with Gasteiger partial charge in [-0.05, 0) is 36.4 Å². The Morgan fingerprint density at radius 1 is 0.542 bits per heavy atom. The van der Waals surface area contributed by atoms with Crippen molar-refractivity contribution in [1.29, 1.82) is 0 Å². The van der Waals surface area contributed by atoms with Crippen molar-refractivity contribution in [3.05, 3.63) is 91.0 Å². The molecule has 3 aromatic carbocycles. The summed E-state index contributed by atoms with van der Waals surface area (Å²) in [6.45, 7) is 0. The topological polar surface area (TPSA) is 18.5 Å². The third-order valence-electron chi connectivity index (χ3n) is 4.21. The molecular formula is C21H22O2P+. The van der Waals surface area contributed by atoms with E-state index < -0.39 is 7.26 Å². The first-order valence-electron chi connectivity index (χ1n) is 7.95. The summed E-state index contributed by atoms with van der Waals surface area (Å²) in [6.07, 6.45) is 0. The fraction of sp³-hybridized carbons (Fsp3) is 0.143. The first kappa shape index (κ1) is 16.9. The molecule has 0 heterocycles. The number of methoxy groups -OCH3 is 2. The van der Waals surface area contributed by atoms with Crippen LogP contribution in [0.25, 0.3) is 0 Å². The van der Waals surface area contributed by atoms with Crippen LogP contribution in [-0.2, 0) is 9.47 Å². The van der Waals surface area contributed by atoms with Crippen LogP contribution in [0.4, 0.5) is 0 Å². The van der Waals surface area contributed by atoms with Gasteiger partial charge in [0.2, 0.25) is 0 Å². The maximum Gasteiger partial charge on any atom is 0.287 e. The lowest BCUT2D eigenvalue weighted by molar-refractivity contribution is -0.0391. The quantitative estimate of drug-likeness (QED) is 0.506. The van der Waals surface area contributed by atoms with E-state index in [0.717, 1.165) is 0 Å². The molecule has 122 valence electrons. The monoisotopic (exact) mass is 337 g/mol. The maximum absolute atomic E-state index is 5.86. The number of rotatable bonds is 6. The molecule has 0 saturated heterocycles. The van der Waals surface area contributed by atoms with Gasteiger partial charge in [0.15, 0.2) is 7.26 Å². The Labute approximate surface area is 144 Å². The Morgan fingerprint density at radius 2 is 0.833 bits per heavy atom. The van der Waals surface area contributed by atoms with Gasteiger partial charge < -0.3 is 9.47 Å². The van der Waals surface area contributed by atoms with Crippen LogP contribution >= 0.6 is 7.26 Å². The molecule has 0 fully saturated rings. The van der Waals surface area contributed by atoms with Gasteiger partial charge in [-0.15, -0.1) is 0 Å². The van der Waals surface area contributed by atoms with Gasteiger partial charge in [0.25, 0.3) is 6.03 Å². The smallest absolute Gasteiger partial charge is 0.287 e. The Hall–Kier alpha value is -1.99. The van der Waals surface area contributed by atoms with Crippen LogP contribution in [0.2, 0.25) is 0 Å². The molecule has 3 aromatic rings. The van der Waals surface area contributed by atoms with Gasteiger partial charge in [-0.2, -0.15) is 0 Å². The molecule has 24 heavy (non-hydrogen) atoms. The molecule has 0 saturated carbocycles. The van der Waals surface area contributed by atoms with E-state index >= 15 is 0 Å². The van der Waals surface area contributed by atoms with Crippen LogP contribution < -0.4 is 15.9 Å². The van der Waals surface area contributed by atoms with E-state index in [9.17, 15) is 0 Å². The summed E-state index contributed by atoms with van der Waals surface area (Å²) in [7, 11) is 1.33. The molecule has 0 bridgehead atoms. The number of hydrogen-bond donors (Lipinski definition) is 0. The van der Waals surface area contributed by atoms with E-state index in [1.807, 2.05) is 18.2 Å². The minimum Gasteiger partial charge on any atom is -0.324 e. The molecule has 0 amide bonds. The summed E-state index contributed by atoms with van der Waals surface area (Å²) in [4.78, 5) is 0. The fourth-order valence-electron chi connectivity index (χ4n) is 3.21. The Bertz CT molecular complexity index is 644. The summed E-state index contributed by atoms with van der Waals surface area (Å²) < 4.78 is 11.7. The highest BCUT2D eigenvalue weighted by Gasteiger charge is 2.54. The van der Waals surface area contributed by atoms with Gasteiger partial charge in [-0.3, -0.25) is 0 Å². The molecular weight excluding hydrogens is 315 g/mol. The molecule has 0 aliphatic rings. The second kappa shape index (κ2) is 7.72. The molecule has 0 radical (unpaired) electrons. The summed E-state index contributed by atoms with van der Waals surface area (Å²) in [6, 6.07) is 31.4. The Kier molecular flexibility index (Phi) is 5.42. The lowest BCUT2D eigenvalue weighted by atomic mass is 10.4. The van der Waals surface area contributed by atoms with Gasteiger partial charge in [0.05, 0.1) is 0 Å². The van der Waals surface area contributed by atoms with Crippen molar-refractivity contribution >= 4 is 23.2 Å². The average molecular weight is 337 g/mol. The van der Waals surface area contributed by atoms with Crippen molar-refractivity contribution in [3.63, 3.8) is 0 Å². The molecule has 3 rings (SSSR count). The van der Waals surface area contributed by atoms with Crippen LogP contribution in [0, 0.1) is 0 Å². The van der Waals surface area contributed by atoms with Crippen LogP contribution in [0.1, 0.15) is 0 Å². The van der Waals surface area contributed by atoms with Gasteiger partial charge in [0, 0.05) is 14.2 Å². The normalized spacial score (nSPS) is 11.6. The van der Waals surface area contributed by atoms with E-state index in [-0.39, 0.29) is 6.03 Å². The number of hydrogen-bond acceptors (Lipinski definition) is 2. The summed E-state index contributed by atoms with van der Waals surface area (Å²) >= 11 is 0. The molecule has 0 unspecified atom stereocenters. The van der Waals surface area contributed by atoms with Crippen molar-refractivity contribution in [1.82, 2.24) is 0 Å². The third-order valence-corrected chi connectivity index (χ3v) is 8.60. The second-order valence-corrected chi connectivity index (χ2v) is 8.92. The minimum atomic E-state index is -2.11. The number of ether oxygens (including phenoxy) is 2. The average Bonchev–Trinajstić information content (AvgIpc) is 2.68. The lowest BCUT2D eigenvalue weighted by Crippen LogP contribution is -2.40. The molecule has 0 spiro atoms. The second-order valence-electron chi connectivity index (χ2n) is 5.51. The highest BCUT2D eigenvalue weighted by atomic mass is 31.2. The standard InChI is InChI=1S/C21H22O2P/c1-22-21(23-2)24(18-12-6-3-7-13-18,19-14-8-4-9-15-19)20-16-10-5-11-17-20/h3-17,21H,1-2H3/q+1. The molecule has 0 aliphatic heterocycles. The van der Waals surface area contributed by atoms with Gasteiger partial charge in [-0.25, -0.2) is 0 Å². The third kappa shape index (κ3) is 2.89. The van der Waals surface area contributed by atoms with E-state index in [2.05, 4.69) is 72.8 Å². The molecule has 2 nitrogen and oxygen atoms in total.